The first-order chi connectivity index (χ1) is 20.9. The molecule has 226 valence electrons. The van der Waals surface area contributed by atoms with Crippen molar-refractivity contribution in [2.75, 3.05) is 39.5 Å². The summed E-state index contributed by atoms with van der Waals surface area (Å²) >= 11 is 1.40. The van der Waals surface area contributed by atoms with Gasteiger partial charge in [0.1, 0.15) is 28.8 Å². The van der Waals surface area contributed by atoms with Gasteiger partial charge in [-0.05, 0) is 111 Å². The molecular weight excluding hydrogens is 568 g/mol. The third kappa shape index (κ3) is 6.61. The van der Waals surface area contributed by atoms with Crippen LogP contribution in [0.25, 0.3) is 10.1 Å². The fraction of sp³-hybridized carbons (Fsp3) is 0.400. The number of thiophene rings is 1. The SMILES string of the molecule is Cc1cc(F)cc(C)c1C(=O)c1sc2cc(C3CCCCO3)ccc2c1Oc1ccc(OCCN2CC[C@@H](CF)C2)cc1. The Balaban J connectivity index is 1.26. The smallest absolute Gasteiger partial charge is 0.207 e. The molecular formula is C35H37F2NO4S. The monoisotopic (exact) mass is 605 g/mol. The van der Waals surface area contributed by atoms with E-state index in [0.29, 0.717) is 39.7 Å². The van der Waals surface area contributed by atoms with Gasteiger partial charge >= 0.3 is 0 Å². The molecule has 0 N–H and O–H groups in total. The fourth-order valence-electron chi connectivity index (χ4n) is 6.18. The van der Waals surface area contributed by atoms with E-state index in [0.717, 1.165) is 73.3 Å². The quantitative estimate of drug-likeness (QED) is 0.170. The number of carbonyl (C=O) groups excluding carboxylic acids is 1. The molecule has 2 aliphatic heterocycles. The molecule has 0 spiro atoms. The molecule has 3 aromatic carbocycles. The fourth-order valence-corrected chi connectivity index (χ4v) is 7.31. The van der Waals surface area contributed by atoms with E-state index in [4.69, 9.17) is 14.2 Å². The average molecular weight is 606 g/mol. The minimum Gasteiger partial charge on any atom is -0.492 e. The molecule has 0 aliphatic carbocycles. The number of benzene rings is 3. The first-order valence-electron chi connectivity index (χ1n) is 15.1. The Morgan fingerprint density at radius 3 is 2.49 bits per heavy atom. The van der Waals surface area contributed by atoms with Crippen LogP contribution < -0.4 is 9.47 Å². The predicted molar refractivity (Wildman–Crippen MR) is 166 cm³/mol. The molecule has 2 fully saturated rings. The van der Waals surface area contributed by atoms with Crippen LogP contribution in [0.15, 0.2) is 54.6 Å². The number of likely N-dealkylation sites (tertiary alicyclic amines) is 1. The van der Waals surface area contributed by atoms with E-state index in [1.165, 1.54) is 23.5 Å². The molecule has 2 saturated heterocycles. The van der Waals surface area contributed by atoms with E-state index in [1.807, 2.05) is 30.3 Å². The minimum atomic E-state index is -0.358. The summed E-state index contributed by atoms with van der Waals surface area (Å²) in [6.07, 6.45) is 4.14. The first-order valence-corrected chi connectivity index (χ1v) is 15.9. The maximum absolute atomic E-state index is 14.1. The van der Waals surface area contributed by atoms with Crippen molar-refractivity contribution in [2.24, 2.45) is 5.92 Å². The Kier molecular flexibility index (Phi) is 9.07. The topological polar surface area (TPSA) is 48.0 Å². The second kappa shape index (κ2) is 13.1. The van der Waals surface area contributed by atoms with Gasteiger partial charge in [-0.15, -0.1) is 11.3 Å². The van der Waals surface area contributed by atoms with Crippen LogP contribution in [0.1, 0.15) is 63.7 Å². The molecule has 0 radical (unpaired) electrons. The standard InChI is InChI=1S/C35H37F2NO4S/c1-22-17-26(37)18-23(2)32(22)33(39)35-34(29-11-6-25(19-31(29)43-35)30-5-3-4-15-41-30)42-28-9-7-27(8-10-28)40-16-14-38-13-12-24(20-36)21-38/h6-11,17-19,24,30H,3-5,12-16,20-21H2,1-2H3/t24-,30?/m0/s1. The van der Waals surface area contributed by atoms with Crippen LogP contribution in [0, 0.1) is 25.6 Å². The maximum atomic E-state index is 14.1. The van der Waals surface area contributed by atoms with Crippen LogP contribution in [0.2, 0.25) is 0 Å². The van der Waals surface area contributed by atoms with Crippen molar-refractivity contribution in [1.82, 2.24) is 4.90 Å². The molecule has 5 nitrogen and oxygen atoms in total. The number of aryl methyl sites for hydroxylation is 2. The Hall–Kier alpha value is -3.33. The largest absolute Gasteiger partial charge is 0.492 e. The van der Waals surface area contributed by atoms with Gasteiger partial charge in [0.15, 0.2) is 5.75 Å². The van der Waals surface area contributed by atoms with Gasteiger partial charge in [0.05, 0.1) is 12.8 Å². The van der Waals surface area contributed by atoms with Crippen molar-refractivity contribution >= 4 is 27.2 Å². The van der Waals surface area contributed by atoms with Crippen molar-refractivity contribution in [3.63, 3.8) is 0 Å². The van der Waals surface area contributed by atoms with Crippen molar-refractivity contribution in [2.45, 2.75) is 45.6 Å². The number of rotatable bonds is 10. The second-order valence-corrected chi connectivity index (χ2v) is 12.7. The highest BCUT2D eigenvalue weighted by molar-refractivity contribution is 7.21. The number of nitrogens with zero attached hydrogens (tertiary/aromatic N) is 1. The van der Waals surface area contributed by atoms with E-state index in [9.17, 15) is 13.6 Å². The van der Waals surface area contributed by atoms with E-state index in [-0.39, 0.29) is 30.3 Å². The summed E-state index contributed by atoms with van der Waals surface area (Å²) in [4.78, 5) is 16.7. The van der Waals surface area contributed by atoms with Crippen LogP contribution in [-0.2, 0) is 4.74 Å². The van der Waals surface area contributed by atoms with E-state index >= 15 is 0 Å². The van der Waals surface area contributed by atoms with Crippen LogP contribution in [0.4, 0.5) is 8.78 Å². The summed E-state index contributed by atoms with van der Waals surface area (Å²) in [6.45, 7) is 7.00. The predicted octanol–water partition coefficient (Wildman–Crippen LogP) is 8.59. The number of hydrogen-bond acceptors (Lipinski definition) is 6. The van der Waals surface area contributed by atoms with Crippen LogP contribution in [-0.4, -0.2) is 50.2 Å². The zero-order chi connectivity index (χ0) is 29.9. The van der Waals surface area contributed by atoms with Crippen molar-refractivity contribution < 1.29 is 27.8 Å². The maximum Gasteiger partial charge on any atom is 0.207 e. The van der Waals surface area contributed by atoms with Gasteiger partial charge in [0, 0.05) is 41.3 Å². The Labute approximate surface area is 255 Å². The Morgan fingerprint density at radius 1 is 1.02 bits per heavy atom. The lowest BCUT2D eigenvalue weighted by molar-refractivity contribution is 0.0150. The number of halogens is 2. The van der Waals surface area contributed by atoms with Gasteiger partial charge in [-0.25, -0.2) is 4.39 Å². The summed E-state index contributed by atoms with van der Waals surface area (Å²) in [7, 11) is 0. The molecule has 2 atom stereocenters. The van der Waals surface area contributed by atoms with E-state index in [1.54, 1.807) is 13.8 Å². The molecule has 0 amide bonds. The summed E-state index contributed by atoms with van der Waals surface area (Å²) in [6, 6.07) is 16.4. The zero-order valence-electron chi connectivity index (χ0n) is 24.7. The van der Waals surface area contributed by atoms with Crippen LogP contribution in [0.5, 0.6) is 17.2 Å². The van der Waals surface area contributed by atoms with Crippen molar-refractivity contribution in [1.29, 1.82) is 0 Å². The summed E-state index contributed by atoms with van der Waals surface area (Å²) < 4.78 is 46.3. The van der Waals surface area contributed by atoms with Gasteiger partial charge in [0.2, 0.25) is 5.78 Å². The van der Waals surface area contributed by atoms with E-state index in [2.05, 4.69) is 17.0 Å². The summed E-state index contributed by atoms with van der Waals surface area (Å²) in [5.74, 6) is 1.40. The average Bonchev–Trinajstić information content (AvgIpc) is 3.62. The lowest BCUT2D eigenvalue weighted by atomic mass is 9.97. The van der Waals surface area contributed by atoms with Gasteiger partial charge in [-0.2, -0.15) is 0 Å². The first kappa shape index (κ1) is 29.7. The number of ketones is 1. The Morgan fingerprint density at radius 2 is 1.79 bits per heavy atom. The molecule has 4 aromatic rings. The third-order valence-corrected chi connectivity index (χ3v) is 9.59. The summed E-state index contributed by atoms with van der Waals surface area (Å²) in [5, 5.41) is 0.850. The molecule has 2 aliphatic rings. The number of ether oxygens (including phenoxy) is 3. The van der Waals surface area contributed by atoms with Gasteiger partial charge in [-0.3, -0.25) is 14.1 Å². The van der Waals surface area contributed by atoms with Gasteiger partial charge < -0.3 is 14.2 Å². The highest BCUT2D eigenvalue weighted by Crippen LogP contribution is 2.44. The number of hydrogen-bond donors (Lipinski definition) is 0. The van der Waals surface area contributed by atoms with E-state index < -0.39 is 0 Å². The molecule has 6 rings (SSSR count). The molecule has 43 heavy (non-hydrogen) atoms. The molecule has 3 heterocycles. The Bertz CT molecular complexity index is 1570. The second-order valence-electron chi connectivity index (χ2n) is 11.6. The molecule has 1 aromatic heterocycles. The third-order valence-electron chi connectivity index (χ3n) is 8.46. The van der Waals surface area contributed by atoms with Crippen LogP contribution in [0.3, 0.4) is 0 Å². The number of alkyl halides is 1. The van der Waals surface area contributed by atoms with Crippen LogP contribution >= 0.6 is 11.3 Å². The lowest BCUT2D eigenvalue weighted by Crippen LogP contribution is -2.26. The normalized spacial score (nSPS) is 19.2. The van der Waals surface area contributed by atoms with Gasteiger partial charge in [0.25, 0.3) is 0 Å². The number of carbonyl (C=O) groups is 1. The summed E-state index contributed by atoms with van der Waals surface area (Å²) in [5.41, 5.74) is 2.78. The molecule has 0 saturated carbocycles. The zero-order valence-corrected chi connectivity index (χ0v) is 25.5. The highest BCUT2D eigenvalue weighted by Gasteiger charge is 2.26. The highest BCUT2D eigenvalue weighted by atomic mass is 32.1. The molecule has 1 unspecified atom stereocenters. The van der Waals surface area contributed by atoms with Crippen molar-refractivity contribution in [3.05, 3.63) is 87.5 Å². The molecule has 0 bridgehead atoms. The van der Waals surface area contributed by atoms with Crippen molar-refractivity contribution in [3.8, 4) is 17.2 Å². The number of fused-ring (bicyclic) bond motifs is 1. The lowest BCUT2D eigenvalue weighted by Gasteiger charge is -2.22. The molecule has 8 heteroatoms. The van der Waals surface area contributed by atoms with Gasteiger partial charge in [-0.1, -0.05) is 6.07 Å². The minimum absolute atomic E-state index is 0.0495.